The minimum absolute atomic E-state index is 0.222. The molecule has 2 aliphatic rings. The molecule has 0 N–H and O–H groups in total. The van der Waals surface area contributed by atoms with Crippen LogP contribution in [-0.4, -0.2) is 59.0 Å². The summed E-state index contributed by atoms with van der Waals surface area (Å²) < 4.78 is 5.03. The summed E-state index contributed by atoms with van der Waals surface area (Å²) in [6, 6.07) is 0. The number of aromatic nitrogens is 2. The van der Waals surface area contributed by atoms with Crippen LogP contribution >= 0.6 is 0 Å². The number of hydrogen-bond donors (Lipinski definition) is 0. The van der Waals surface area contributed by atoms with Crippen molar-refractivity contribution in [1.29, 1.82) is 0 Å². The Balaban J connectivity index is 1.45. The van der Waals surface area contributed by atoms with Crippen LogP contribution in [0.25, 0.3) is 0 Å². The third-order valence-corrected chi connectivity index (χ3v) is 5.04. The zero-order valence-corrected chi connectivity index (χ0v) is 14.6. The first-order chi connectivity index (χ1) is 11.8. The van der Waals surface area contributed by atoms with E-state index in [2.05, 4.69) is 19.8 Å². The molecule has 24 heavy (non-hydrogen) atoms. The van der Waals surface area contributed by atoms with Gasteiger partial charge in [0.15, 0.2) is 5.82 Å². The van der Waals surface area contributed by atoms with Crippen LogP contribution < -0.4 is 0 Å². The summed E-state index contributed by atoms with van der Waals surface area (Å²) in [5.41, 5.74) is 1.12. The fourth-order valence-electron chi connectivity index (χ4n) is 3.64. The van der Waals surface area contributed by atoms with Crippen molar-refractivity contribution in [3.63, 3.8) is 0 Å². The maximum absolute atomic E-state index is 12.6. The van der Waals surface area contributed by atoms with Gasteiger partial charge in [-0.25, -0.2) is 9.97 Å². The normalized spacial score (nSPS) is 20.3. The van der Waals surface area contributed by atoms with Gasteiger partial charge in [0, 0.05) is 50.6 Å². The SMILES string of the molecule is COCc1ncc(CN2CCC(C(=O)N3CCCCC3)CC2)cn1. The molecule has 6 heteroatoms. The van der Waals surface area contributed by atoms with Gasteiger partial charge >= 0.3 is 0 Å². The second kappa shape index (κ2) is 8.53. The Kier molecular flexibility index (Phi) is 6.15. The van der Waals surface area contributed by atoms with Gasteiger partial charge in [-0.3, -0.25) is 9.69 Å². The van der Waals surface area contributed by atoms with Crippen molar-refractivity contribution in [2.45, 2.75) is 45.3 Å². The van der Waals surface area contributed by atoms with Gasteiger partial charge in [-0.2, -0.15) is 0 Å². The first kappa shape index (κ1) is 17.3. The number of carbonyl (C=O) groups excluding carboxylic acids is 1. The van der Waals surface area contributed by atoms with Crippen LogP contribution in [0.15, 0.2) is 12.4 Å². The van der Waals surface area contributed by atoms with E-state index in [0.717, 1.165) is 51.1 Å². The number of hydrogen-bond acceptors (Lipinski definition) is 5. The van der Waals surface area contributed by atoms with Crippen LogP contribution in [-0.2, 0) is 22.7 Å². The monoisotopic (exact) mass is 332 g/mol. The van der Waals surface area contributed by atoms with Crippen molar-refractivity contribution in [3.05, 3.63) is 23.8 Å². The number of rotatable bonds is 5. The molecule has 1 amide bonds. The maximum Gasteiger partial charge on any atom is 0.225 e. The quantitative estimate of drug-likeness (QED) is 0.823. The Hall–Kier alpha value is -1.53. The number of piperidine rings is 2. The predicted octanol–water partition coefficient (Wildman–Crippen LogP) is 1.85. The molecule has 0 saturated carbocycles. The van der Waals surface area contributed by atoms with E-state index < -0.39 is 0 Å². The molecule has 0 aromatic carbocycles. The van der Waals surface area contributed by atoms with Crippen LogP contribution in [0.3, 0.4) is 0 Å². The largest absolute Gasteiger partial charge is 0.377 e. The zero-order chi connectivity index (χ0) is 16.8. The molecule has 2 fully saturated rings. The molecule has 0 bridgehead atoms. The number of amides is 1. The van der Waals surface area contributed by atoms with Crippen LogP contribution in [0, 0.1) is 5.92 Å². The Bertz CT molecular complexity index is 520. The lowest BCUT2D eigenvalue weighted by atomic mass is 9.94. The van der Waals surface area contributed by atoms with E-state index >= 15 is 0 Å². The number of carbonyl (C=O) groups is 1. The third kappa shape index (κ3) is 4.51. The molecule has 2 aliphatic heterocycles. The van der Waals surface area contributed by atoms with E-state index in [-0.39, 0.29) is 5.92 Å². The minimum atomic E-state index is 0.222. The van der Waals surface area contributed by atoms with Crippen molar-refractivity contribution in [2.24, 2.45) is 5.92 Å². The fraction of sp³-hybridized carbons (Fsp3) is 0.722. The van der Waals surface area contributed by atoms with E-state index in [4.69, 9.17) is 4.74 Å². The topological polar surface area (TPSA) is 58.6 Å². The molecule has 0 unspecified atom stereocenters. The summed E-state index contributed by atoms with van der Waals surface area (Å²) in [6.07, 6.45) is 9.31. The third-order valence-electron chi connectivity index (χ3n) is 5.04. The van der Waals surface area contributed by atoms with Gasteiger partial charge in [-0.05, 0) is 45.2 Å². The molecule has 0 atom stereocenters. The number of nitrogens with zero attached hydrogens (tertiary/aromatic N) is 4. The molecular weight excluding hydrogens is 304 g/mol. The second-order valence-corrected chi connectivity index (χ2v) is 6.88. The average Bonchev–Trinajstić information content (AvgIpc) is 2.64. The molecule has 3 rings (SSSR count). The molecular formula is C18H28N4O2. The average molecular weight is 332 g/mol. The summed E-state index contributed by atoms with van der Waals surface area (Å²) in [4.78, 5) is 25.7. The molecule has 1 aromatic heterocycles. The summed E-state index contributed by atoms with van der Waals surface area (Å²) in [5, 5.41) is 0. The first-order valence-electron chi connectivity index (χ1n) is 9.06. The van der Waals surface area contributed by atoms with Gasteiger partial charge in [-0.15, -0.1) is 0 Å². The Morgan fingerprint density at radius 1 is 1.12 bits per heavy atom. The Morgan fingerprint density at radius 2 is 1.79 bits per heavy atom. The lowest BCUT2D eigenvalue weighted by Crippen LogP contribution is -2.44. The van der Waals surface area contributed by atoms with Crippen molar-refractivity contribution < 1.29 is 9.53 Å². The van der Waals surface area contributed by atoms with Crippen molar-refractivity contribution in [1.82, 2.24) is 19.8 Å². The first-order valence-corrected chi connectivity index (χ1v) is 9.06. The fourth-order valence-corrected chi connectivity index (χ4v) is 3.64. The van der Waals surface area contributed by atoms with E-state index in [1.807, 2.05) is 12.4 Å². The van der Waals surface area contributed by atoms with Gasteiger partial charge in [0.2, 0.25) is 5.91 Å². The molecule has 132 valence electrons. The van der Waals surface area contributed by atoms with Gasteiger partial charge in [0.25, 0.3) is 0 Å². The lowest BCUT2D eigenvalue weighted by Gasteiger charge is -2.35. The number of likely N-dealkylation sites (tertiary alicyclic amines) is 2. The van der Waals surface area contributed by atoms with Crippen LogP contribution in [0.4, 0.5) is 0 Å². The van der Waals surface area contributed by atoms with Crippen molar-refractivity contribution >= 4 is 5.91 Å². The van der Waals surface area contributed by atoms with E-state index in [0.29, 0.717) is 18.3 Å². The van der Waals surface area contributed by atoms with E-state index in [9.17, 15) is 4.79 Å². The van der Waals surface area contributed by atoms with Crippen LogP contribution in [0.5, 0.6) is 0 Å². The van der Waals surface area contributed by atoms with Crippen molar-refractivity contribution in [3.8, 4) is 0 Å². The molecule has 1 aromatic rings. The van der Waals surface area contributed by atoms with Crippen molar-refractivity contribution in [2.75, 3.05) is 33.3 Å². The highest BCUT2D eigenvalue weighted by Gasteiger charge is 2.29. The Labute approximate surface area is 144 Å². The highest BCUT2D eigenvalue weighted by atomic mass is 16.5. The standard InChI is InChI=1S/C18H28N4O2/c1-24-14-17-19-11-15(12-20-17)13-21-9-5-16(6-10-21)18(23)22-7-3-2-4-8-22/h11-12,16H,2-10,13-14H2,1H3. The number of methoxy groups -OCH3 is 1. The van der Waals surface area contributed by atoms with Crippen LogP contribution in [0.2, 0.25) is 0 Å². The summed E-state index contributed by atoms with van der Waals surface area (Å²) in [5.74, 6) is 1.33. The van der Waals surface area contributed by atoms with Gasteiger partial charge < -0.3 is 9.64 Å². The lowest BCUT2D eigenvalue weighted by molar-refractivity contribution is -0.138. The predicted molar refractivity (Wildman–Crippen MR) is 91.2 cm³/mol. The highest BCUT2D eigenvalue weighted by molar-refractivity contribution is 5.79. The summed E-state index contributed by atoms with van der Waals surface area (Å²) in [6.45, 7) is 5.19. The molecule has 6 nitrogen and oxygen atoms in total. The molecule has 0 aliphatic carbocycles. The summed E-state index contributed by atoms with van der Waals surface area (Å²) in [7, 11) is 1.65. The van der Waals surface area contributed by atoms with Crippen LogP contribution in [0.1, 0.15) is 43.5 Å². The number of ether oxygens (including phenoxy) is 1. The molecule has 0 radical (unpaired) electrons. The second-order valence-electron chi connectivity index (χ2n) is 6.88. The highest BCUT2D eigenvalue weighted by Crippen LogP contribution is 2.22. The molecule has 2 saturated heterocycles. The maximum atomic E-state index is 12.6. The van der Waals surface area contributed by atoms with Gasteiger partial charge in [0.05, 0.1) is 0 Å². The molecule has 3 heterocycles. The van der Waals surface area contributed by atoms with Gasteiger partial charge in [0.1, 0.15) is 6.61 Å². The Morgan fingerprint density at radius 3 is 2.42 bits per heavy atom. The zero-order valence-electron chi connectivity index (χ0n) is 14.6. The van der Waals surface area contributed by atoms with E-state index in [1.54, 1.807) is 7.11 Å². The summed E-state index contributed by atoms with van der Waals surface area (Å²) >= 11 is 0. The smallest absolute Gasteiger partial charge is 0.225 e. The molecule has 0 spiro atoms. The minimum Gasteiger partial charge on any atom is -0.377 e. The van der Waals surface area contributed by atoms with Gasteiger partial charge in [-0.1, -0.05) is 0 Å². The van der Waals surface area contributed by atoms with E-state index in [1.165, 1.54) is 19.3 Å².